The fourth-order valence-corrected chi connectivity index (χ4v) is 2.85. The summed E-state index contributed by atoms with van der Waals surface area (Å²) in [5, 5.41) is 10.9. The summed E-state index contributed by atoms with van der Waals surface area (Å²) >= 11 is 0. The Bertz CT molecular complexity index is 786. The molecule has 0 atom stereocenters. The van der Waals surface area contributed by atoms with Crippen LogP contribution in [-0.4, -0.2) is 32.9 Å². The normalized spacial score (nSPS) is 15.0. The third kappa shape index (κ3) is 4.15. The Hall–Kier alpha value is -2.57. The molecule has 0 aromatic heterocycles. The van der Waals surface area contributed by atoms with E-state index in [0.29, 0.717) is 31.3 Å². The Labute approximate surface area is 152 Å². The van der Waals surface area contributed by atoms with Crippen molar-refractivity contribution in [3.8, 4) is 16.9 Å². The van der Waals surface area contributed by atoms with Gasteiger partial charge >= 0.3 is 5.97 Å². The first-order valence-corrected chi connectivity index (χ1v) is 8.42. The van der Waals surface area contributed by atoms with E-state index in [4.69, 9.17) is 14.2 Å². The van der Waals surface area contributed by atoms with E-state index in [2.05, 4.69) is 0 Å². The molecule has 0 radical (unpaired) electrons. The summed E-state index contributed by atoms with van der Waals surface area (Å²) < 4.78 is 16.0. The third-order valence-electron chi connectivity index (χ3n) is 4.39. The molecule has 1 aliphatic heterocycles. The molecule has 138 valence electrons. The number of carbonyl (C=O) groups excluding carboxylic acids is 1. The van der Waals surface area contributed by atoms with Crippen molar-refractivity contribution in [2.24, 2.45) is 5.41 Å². The molecule has 1 fully saturated rings. The van der Waals surface area contributed by atoms with Crippen molar-refractivity contribution >= 4 is 11.7 Å². The average Bonchev–Trinajstić information content (AvgIpc) is 2.65. The zero-order valence-corrected chi connectivity index (χ0v) is 14.9. The number of rotatable bonds is 7. The van der Waals surface area contributed by atoms with Gasteiger partial charge in [-0.05, 0) is 35.4 Å². The first kappa shape index (κ1) is 18.2. The lowest BCUT2D eigenvalue weighted by atomic mass is 9.90. The van der Waals surface area contributed by atoms with Gasteiger partial charge in [-0.25, -0.2) is 0 Å². The minimum Gasteiger partial charge on any atom is -0.761 e. The van der Waals surface area contributed by atoms with Crippen LogP contribution in [0.3, 0.4) is 0 Å². The van der Waals surface area contributed by atoms with Crippen LogP contribution in [0.2, 0.25) is 0 Å². The molecule has 3 rings (SSSR count). The van der Waals surface area contributed by atoms with Crippen LogP contribution in [0.15, 0.2) is 42.5 Å². The zero-order chi connectivity index (χ0) is 18.6. The van der Waals surface area contributed by atoms with Gasteiger partial charge in [-0.2, -0.15) is 0 Å². The lowest BCUT2D eigenvalue weighted by Gasteiger charge is -2.37. The second-order valence-corrected chi connectivity index (χ2v) is 6.86. The molecule has 6 heteroatoms. The molecule has 0 unspecified atom stereocenters. The Kier molecular flexibility index (Phi) is 5.44. The highest BCUT2D eigenvalue weighted by molar-refractivity contribution is 5.77. The molecule has 2 aromatic carbocycles. The average molecular weight is 356 g/mol. The van der Waals surface area contributed by atoms with Crippen LogP contribution in [0.1, 0.15) is 12.5 Å². The third-order valence-corrected chi connectivity index (χ3v) is 4.39. The van der Waals surface area contributed by atoms with Gasteiger partial charge in [-0.1, -0.05) is 25.1 Å². The van der Waals surface area contributed by atoms with Gasteiger partial charge < -0.3 is 24.9 Å². The summed E-state index contributed by atoms with van der Waals surface area (Å²) in [6.07, 6.45) is 0.174. The Balaban J connectivity index is 1.75. The monoisotopic (exact) mass is 356 g/mol. The maximum absolute atomic E-state index is 12.2. The first-order valence-electron chi connectivity index (χ1n) is 8.42. The lowest BCUT2D eigenvalue weighted by Crippen LogP contribution is -2.44. The van der Waals surface area contributed by atoms with E-state index in [9.17, 15) is 10.0 Å². The highest BCUT2D eigenvalue weighted by Gasteiger charge is 2.34. The standard InChI is InChI=1S/C20H22NO5/c1-20(11-25-12-20)13-26-19(22)9-14-6-7-18(24-2)17(8-14)15-4-3-5-16(10-15)21-23/h3-8,10,21H,9,11-13H2,1-2H3/q-1. The van der Waals surface area contributed by atoms with E-state index in [0.717, 1.165) is 16.7 Å². The van der Waals surface area contributed by atoms with Crippen LogP contribution in [-0.2, 0) is 20.7 Å². The number of carbonyl (C=O) groups is 1. The zero-order valence-electron chi connectivity index (χ0n) is 14.9. The van der Waals surface area contributed by atoms with E-state index in [1.165, 1.54) is 0 Å². The maximum Gasteiger partial charge on any atom is 0.310 e. The molecule has 0 saturated carbocycles. The van der Waals surface area contributed by atoms with Crippen molar-refractivity contribution in [1.29, 1.82) is 0 Å². The van der Waals surface area contributed by atoms with E-state index >= 15 is 0 Å². The predicted octanol–water partition coefficient (Wildman–Crippen LogP) is 3.39. The van der Waals surface area contributed by atoms with Gasteiger partial charge in [-0.3, -0.25) is 4.79 Å². The summed E-state index contributed by atoms with van der Waals surface area (Å²) in [4.78, 5) is 12.2. The summed E-state index contributed by atoms with van der Waals surface area (Å²) in [6.45, 7) is 3.65. The maximum atomic E-state index is 12.2. The number of methoxy groups -OCH3 is 1. The van der Waals surface area contributed by atoms with Gasteiger partial charge in [0.25, 0.3) is 0 Å². The molecule has 1 aliphatic rings. The molecule has 0 amide bonds. The fraction of sp³-hybridized carbons (Fsp3) is 0.350. The molecule has 0 spiro atoms. The van der Waals surface area contributed by atoms with E-state index < -0.39 is 0 Å². The van der Waals surface area contributed by atoms with Crippen molar-refractivity contribution < 1.29 is 19.0 Å². The smallest absolute Gasteiger partial charge is 0.310 e. The molecule has 1 saturated heterocycles. The van der Waals surface area contributed by atoms with Gasteiger partial charge in [0.05, 0.1) is 26.7 Å². The van der Waals surface area contributed by atoms with E-state index in [1.54, 1.807) is 25.3 Å². The minimum absolute atomic E-state index is 0.0630. The van der Waals surface area contributed by atoms with Crippen LogP contribution < -0.4 is 10.2 Å². The SMILES string of the molecule is COc1ccc(CC(=O)OCC2(C)COC2)cc1-c1cccc(N[O-])c1. The number of esters is 1. The highest BCUT2D eigenvalue weighted by Crippen LogP contribution is 2.33. The summed E-state index contributed by atoms with van der Waals surface area (Å²) in [6, 6.07) is 12.6. The van der Waals surface area contributed by atoms with Crippen LogP contribution in [0.4, 0.5) is 5.69 Å². The predicted molar refractivity (Wildman–Crippen MR) is 99.0 cm³/mol. The molecule has 0 bridgehead atoms. The first-order chi connectivity index (χ1) is 12.5. The number of anilines is 1. The molecule has 26 heavy (non-hydrogen) atoms. The molecular formula is C20H22NO5-. The molecule has 1 N–H and O–H groups in total. The van der Waals surface area contributed by atoms with E-state index in [-0.39, 0.29) is 17.8 Å². The molecule has 0 aliphatic carbocycles. The fourth-order valence-electron chi connectivity index (χ4n) is 2.85. The van der Waals surface area contributed by atoms with Crippen molar-refractivity contribution in [2.75, 3.05) is 32.4 Å². The summed E-state index contributed by atoms with van der Waals surface area (Å²) in [7, 11) is 1.59. The highest BCUT2D eigenvalue weighted by atomic mass is 16.5. The quantitative estimate of drug-likeness (QED) is 0.605. The van der Waals surface area contributed by atoms with E-state index in [1.807, 2.05) is 36.7 Å². The Morgan fingerprint density at radius 1 is 1.27 bits per heavy atom. The molecule has 6 nitrogen and oxygen atoms in total. The number of benzene rings is 2. The second kappa shape index (κ2) is 7.76. The molecular weight excluding hydrogens is 334 g/mol. The second-order valence-electron chi connectivity index (χ2n) is 6.86. The van der Waals surface area contributed by atoms with Crippen molar-refractivity contribution in [3.63, 3.8) is 0 Å². The van der Waals surface area contributed by atoms with Crippen molar-refractivity contribution in [2.45, 2.75) is 13.3 Å². The Morgan fingerprint density at radius 2 is 2.08 bits per heavy atom. The number of hydrogen-bond donors (Lipinski definition) is 1. The van der Waals surface area contributed by atoms with Gasteiger partial charge in [0.1, 0.15) is 12.4 Å². The summed E-state index contributed by atoms with van der Waals surface area (Å²) in [5.41, 5.74) is 4.75. The Morgan fingerprint density at radius 3 is 2.73 bits per heavy atom. The van der Waals surface area contributed by atoms with Crippen molar-refractivity contribution in [1.82, 2.24) is 0 Å². The summed E-state index contributed by atoms with van der Waals surface area (Å²) in [5.74, 6) is 0.397. The van der Waals surface area contributed by atoms with Crippen LogP contribution in [0.5, 0.6) is 5.75 Å². The topological polar surface area (TPSA) is 79.9 Å². The largest absolute Gasteiger partial charge is 0.761 e. The van der Waals surface area contributed by atoms with Crippen LogP contribution in [0.25, 0.3) is 11.1 Å². The number of nitrogens with one attached hydrogen (secondary N) is 1. The van der Waals surface area contributed by atoms with Crippen molar-refractivity contribution in [3.05, 3.63) is 53.2 Å². The lowest BCUT2D eigenvalue weighted by molar-refractivity contribution is -0.164. The van der Waals surface area contributed by atoms with Crippen LogP contribution >= 0.6 is 0 Å². The van der Waals surface area contributed by atoms with Gasteiger partial charge in [0.2, 0.25) is 0 Å². The molecule has 2 aromatic rings. The van der Waals surface area contributed by atoms with Gasteiger partial charge in [0, 0.05) is 16.7 Å². The van der Waals surface area contributed by atoms with Gasteiger partial charge in [-0.15, -0.1) is 0 Å². The molecule has 1 heterocycles. The van der Waals surface area contributed by atoms with Gasteiger partial charge in [0.15, 0.2) is 0 Å². The number of ether oxygens (including phenoxy) is 3. The van der Waals surface area contributed by atoms with Crippen LogP contribution in [0, 0.1) is 10.6 Å². The number of hydrogen-bond acceptors (Lipinski definition) is 6. The minimum atomic E-state index is -0.274.